The van der Waals surface area contributed by atoms with E-state index < -0.39 is 11.9 Å². The van der Waals surface area contributed by atoms with Crippen LogP contribution >= 0.6 is 0 Å². The smallest absolute Gasteiger partial charge is 0.308 e. The predicted octanol–water partition coefficient (Wildman–Crippen LogP) is -0.343. The monoisotopic (exact) mass is 200 g/mol. The number of likely N-dealkylation sites (tertiary alicyclic amines) is 1. The predicted molar refractivity (Wildman–Crippen MR) is 50.6 cm³/mol. The number of piperidine rings is 1. The Hall–Kier alpha value is -1.10. The quantitative estimate of drug-likeness (QED) is 0.638. The van der Waals surface area contributed by atoms with Gasteiger partial charge in [-0.05, 0) is 19.8 Å². The van der Waals surface area contributed by atoms with Crippen molar-refractivity contribution in [1.29, 1.82) is 0 Å². The third-order valence-electron chi connectivity index (χ3n) is 2.80. The van der Waals surface area contributed by atoms with Crippen LogP contribution in [0.25, 0.3) is 0 Å². The normalized spacial score (nSPS) is 27.4. The fourth-order valence-corrected chi connectivity index (χ4v) is 1.94. The van der Waals surface area contributed by atoms with Crippen LogP contribution < -0.4 is 5.73 Å². The Morgan fingerprint density at radius 1 is 1.57 bits per heavy atom. The molecule has 80 valence electrons. The number of carboxylic acid groups (broad SMARTS) is 1. The fraction of sp³-hybridized carbons (Fsp3) is 0.778. The zero-order chi connectivity index (χ0) is 10.7. The van der Waals surface area contributed by atoms with Gasteiger partial charge < -0.3 is 15.7 Å². The summed E-state index contributed by atoms with van der Waals surface area (Å²) in [6, 6.07) is -0.239. The van der Waals surface area contributed by atoms with Gasteiger partial charge in [0.2, 0.25) is 5.91 Å². The molecule has 5 nitrogen and oxygen atoms in total. The molecule has 0 aromatic heterocycles. The number of carbonyl (C=O) groups excluding carboxylic acids is 1. The molecular weight excluding hydrogens is 184 g/mol. The topological polar surface area (TPSA) is 83.6 Å². The maximum Gasteiger partial charge on any atom is 0.308 e. The molecule has 1 aliphatic heterocycles. The first-order chi connectivity index (χ1) is 6.57. The summed E-state index contributed by atoms with van der Waals surface area (Å²) < 4.78 is 0. The molecule has 0 spiro atoms. The Morgan fingerprint density at radius 3 is 2.71 bits per heavy atom. The minimum absolute atomic E-state index is 0.0450. The lowest BCUT2D eigenvalue weighted by Gasteiger charge is -2.37. The van der Waals surface area contributed by atoms with Crippen LogP contribution in [0, 0.1) is 5.92 Å². The van der Waals surface area contributed by atoms with E-state index >= 15 is 0 Å². The van der Waals surface area contributed by atoms with Gasteiger partial charge in [-0.25, -0.2) is 0 Å². The average Bonchev–Trinajstić information content (AvgIpc) is 2.16. The highest BCUT2D eigenvalue weighted by Crippen LogP contribution is 2.23. The van der Waals surface area contributed by atoms with Gasteiger partial charge >= 0.3 is 5.97 Å². The Bertz CT molecular complexity index is 242. The number of aliphatic carboxylic acids is 1. The maximum atomic E-state index is 11.4. The molecule has 1 rings (SSSR count). The molecule has 1 heterocycles. The second-order valence-electron chi connectivity index (χ2n) is 3.62. The molecule has 5 heteroatoms. The van der Waals surface area contributed by atoms with Gasteiger partial charge in [-0.2, -0.15) is 0 Å². The first-order valence-corrected chi connectivity index (χ1v) is 4.80. The van der Waals surface area contributed by atoms with Crippen molar-refractivity contribution in [2.24, 2.45) is 11.7 Å². The molecule has 0 unspecified atom stereocenters. The van der Waals surface area contributed by atoms with E-state index in [1.807, 2.05) is 0 Å². The largest absolute Gasteiger partial charge is 0.481 e. The van der Waals surface area contributed by atoms with Gasteiger partial charge in [0, 0.05) is 12.6 Å². The van der Waals surface area contributed by atoms with Gasteiger partial charge in [-0.1, -0.05) is 0 Å². The first-order valence-electron chi connectivity index (χ1n) is 4.80. The lowest BCUT2D eigenvalue weighted by Crippen LogP contribution is -2.50. The van der Waals surface area contributed by atoms with E-state index in [0.717, 1.165) is 6.42 Å². The van der Waals surface area contributed by atoms with Crippen molar-refractivity contribution in [3.63, 3.8) is 0 Å². The highest BCUT2D eigenvalue weighted by atomic mass is 16.4. The van der Waals surface area contributed by atoms with Gasteiger partial charge in [0.25, 0.3) is 0 Å². The van der Waals surface area contributed by atoms with Crippen LogP contribution in [0.5, 0.6) is 0 Å². The third kappa shape index (κ3) is 2.04. The molecule has 0 aromatic rings. The van der Waals surface area contributed by atoms with E-state index in [1.54, 1.807) is 11.8 Å². The Labute approximate surface area is 82.9 Å². The molecule has 0 saturated carbocycles. The summed E-state index contributed by atoms with van der Waals surface area (Å²) in [4.78, 5) is 23.8. The number of carboxylic acids is 1. The van der Waals surface area contributed by atoms with Gasteiger partial charge in [0.15, 0.2) is 0 Å². The third-order valence-corrected chi connectivity index (χ3v) is 2.80. The maximum absolute atomic E-state index is 11.4. The summed E-state index contributed by atoms with van der Waals surface area (Å²) in [5.74, 6) is -1.44. The van der Waals surface area contributed by atoms with Crippen molar-refractivity contribution in [2.45, 2.75) is 25.8 Å². The fourth-order valence-electron chi connectivity index (χ4n) is 1.94. The first kappa shape index (κ1) is 11.0. The molecule has 3 N–H and O–H groups in total. The summed E-state index contributed by atoms with van der Waals surface area (Å²) in [5.41, 5.74) is 5.25. The van der Waals surface area contributed by atoms with Crippen LogP contribution in [-0.2, 0) is 9.59 Å². The number of nitrogens with zero attached hydrogens (tertiary/aromatic N) is 1. The van der Waals surface area contributed by atoms with Crippen molar-refractivity contribution in [2.75, 3.05) is 13.1 Å². The summed E-state index contributed by atoms with van der Waals surface area (Å²) in [7, 11) is 0. The number of carbonyl (C=O) groups is 2. The SMILES string of the molecule is C[C@@H]1[C@@H](C(=O)O)CCCN1C(=O)CN. The van der Waals surface area contributed by atoms with Gasteiger partial charge in [0.1, 0.15) is 0 Å². The molecule has 1 amide bonds. The van der Waals surface area contributed by atoms with Crippen molar-refractivity contribution < 1.29 is 14.7 Å². The van der Waals surface area contributed by atoms with Gasteiger partial charge in [0.05, 0.1) is 12.5 Å². The second kappa shape index (κ2) is 4.41. The minimum Gasteiger partial charge on any atom is -0.481 e. The Balaban J connectivity index is 2.70. The number of amides is 1. The second-order valence-corrected chi connectivity index (χ2v) is 3.62. The zero-order valence-corrected chi connectivity index (χ0v) is 8.27. The molecule has 1 fully saturated rings. The lowest BCUT2D eigenvalue weighted by molar-refractivity contribution is -0.148. The molecule has 1 saturated heterocycles. The molecule has 14 heavy (non-hydrogen) atoms. The van der Waals surface area contributed by atoms with Crippen molar-refractivity contribution in [3.8, 4) is 0 Å². The summed E-state index contributed by atoms with van der Waals surface area (Å²) in [5, 5.41) is 8.91. The van der Waals surface area contributed by atoms with E-state index in [1.165, 1.54) is 0 Å². The van der Waals surface area contributed by atoms with Gasteiger partial charge in [-0.3, -0.25) is 9.59 Å². The molecule has 0 aliphatic carbocycles. The van der Waals surface area contributed by atoms with E-state index in [4.69, 9.17) is 10.8 Å². The van der Waals surface area contributed by atoms with Crippen LogP contribution in [0.2, 0.25) is 0 Å². The molecule has 2 atom stereocenters. The van der Waals surface area contributed by atoms with E-state index in [-0.39, 0.29) is 18.5 Å². The van der Waals surface area contributed by atoms with Crippen LogP contribution in [0.1, 0.15) is 19.8 Å². The summed E-state index contributed by atoms with van der Waals surface area (Å²) in [6.07, 6.45) is 1.39. The summed E-state index contributed by atoms with van der Waals surface area (Å²) in [6.45, 7) is 2.35. The number of hydrogen-bond donors (Lipinski definition) is 2. The molecule has 0 aromatic carbocycles. The average molecular weight is 200 g/mol. The molecule has 0 radical (unpaired) electrons. The van der Waals surface area contributed by atoms with Crippen LogP contribution in [0.4, 0.5) is 0 Å². The zero-order valence-electron chi connectivity index (χ0n) is 8.27. The van der Waals surface area contributed by atoms with E-state index in [9.17, 15) is 9.59 Å². The van der Waals surface area contributed by atoms with Crippen molar-refractivity contribution in [1.82, 2.24) is 4.90 Å². The molecular formula is C9H16N2O3. The van der Waals surface area contributed by atoms with Crippen molar-refractivity contribution >= 4 is 11.9 Å². The van der Waals surface area contributed by atoms with Gasteiger partial charge in [-0.15, -0.1) is 0 Å². The molecule has 0 bridgehead atoms. The standard InChI is InChI=1S/C9H16N2O3/c1-6-7(9(13)14)3-2-4-11(6)8(12)5-10/h6-7H,2-5,10H2,1H3,(H,13,14)/t6-,7+/m1/s1. The number of rotatable bonds is 2. The number of hydrogen-bond acceptors (Lipinski definition) is 3. The molecule has 1 aliphatic rings. The highest BCUT2D eigenvalue weighted by molar-refractivity contribution is 5.80. The highest BCUT2D eigenvalue weighted by Gasteiger charge is 2.34. The van der Waals surface area contributed by atoms with Crippen LogP contribution in [-0.4, -0.2) is 41.0 Å². The summed E-state index contributed by atoms with van der Waals surface area (Å²) >= 11 is 0. The minimum atomic E-state index is -0.827. The van der Waals surface area contributed by atoms with Crippen LogP contribution in [0.3, 0.4) is 0 Å². The van der Waals surface area contributed by atoms with Crippen LogP contribution in [0.15, 0.2) is 0 Å². The van der Waals surface area contributed by atoms with E-state index in [2.05, 4.69) is 0 Å². The lowest BCUT2D eigenvalue weighted by atomic mass is 9.90. The Morgan fingerprint density at radius 2 is 2.21 bits per heavy atom. The van der Waals surface area contributed by atoms with Crippen molar-refractivity contribution in [3.05, 3.63) is 0 Å². The van der Waals surface area contributed by atoms with E-state index in [0.29, 0.717) is 13.0 Å². The Kier molecular flexibility index (Phi) is 3.46. The number of nitrogens with two attached hydrogens (primary N) is 1.